The van der Waals surface area contributed by atoms with Crippen molar-refractivity contribution in [1.29, 1.82) is 0 Å². The molecule has 2 heterocycles. The van der Waals surface area contributed by atoms with Crippen molar-refractivity contribution < 1.29 is 28.3 Å². The van der Waals surface area contributed by atoms with Crippen molar-refractivity contribution in [3.8, 4) is 0 Å². The van der Waals surface area contributed by atoms with Crippen molar-refractivity contribution in [3.63, 3.8) is 0 Å². The maximum Gasteiger partial charge on any atom is 0.337 e. The lowest BCUT2D eigenvalue weighted by atomic mass is 10.0. The number of aromatic carboxylic acids is 1. The van der Waals surface area contributed by atoms with E-state index in [2.05, 4.69) is 0 Å². The summed E-state index contributed by atoms with van der Waals surface area (Å²) in [6, 6.07) is 22.4. The highest BCUT2D eigenvalue weighted by Crippen LogP contribution is 2.39. The van der Waals surface area contributed by atoms with Gasteiger partial charge >= 0.3 is 11.9 Å². The van der Waals surface area contributed by atoms with Gasteiger partial charge in [-0.05, 0) is 82.2 Å². The first kappa shape index (κ1) is 19.6. The van der Waals surface area contributed by atoms with Gasteiger partial charge in [0.15, 0.2) is 0 Å². The molecule has 7 rings (SSSR count). The van der Waals surface area contributed by atoms with Crippen LogP contribution in [0.2, 0.25) is 0 Å². The highest BCUT2D eigenvalue weighted by Gasteiger charge is 2.16. The zero-order valence-corrected chi connectivity index (χ0v) is 18.4. The number of benzene rings is 5. The third kappa shape index (κ3) is 2.83. The molecule has 0 unspecified atom stereocenters. The van der Waals surface area contributed by atoms with Crippen LogP contribution in [0.3, 0.4) is 0 Å². The molecule has 1 N–H and O–H groups in total. The summed E-state index contributed by atoms with van der Waals surface area (Å²) in [7, 11) is 1.37. The number of ether oxygens (including phenoxy) is 1. The Labute approximate surface area is 196 Å². The molecular formula is C29H16O6. The summed E-state index contributed by atoms with van der Waals surface area (Å²) in [4.78, 5) is 23.3. The van der Waals surface area contributed by atoms with Gasteiger partial charge in [0, 0.05) is 21.5 Å². The molecule has 0 amide bonds. The second kappa shape index (κ2) is 6.84. The van der Waals surface area contributed by atoms with Crippen LogP contribution in [0, 0.1) is 0 Å². The van der Waals surface area contributed by atoms with Crippen LogP contribution in [0.5, 0.6) is 0 Å². The molecule has 0 fully saturated rings. The first-order valence-corrected chi connectivity index (χ1v) is 11.0. The molecule has 0 spiro atoms. The van der Waals surface area contributed by atoms with Crippen LogP contribution < -0.4 is 0 Å². The van der Waals surface area contributed by atoms with Crippen LogP contribution in [-0.4, -0.2) is 24.2 Å². The number of hydrogen-bond donors (Lipinski definition) is 1. The molecule has 6 nitrogen and oxygen atoms in total. The summed E-state index contributed by atoms with van der Waals surface area (Å²) in [5.41, 5.74) is 3.60. The van der Waals surface area contributed by atoms with E-state index in [1.54, 1.807) is 24.3 Å². The van der Waals surface area contributed by atoms with E-state index in [1.807, 2.05) is 48.5 Å². The monoisotopic (exact) mass is 460 g/mol. The molecule has 0 saturated carbocycles. The van der Waals surface area contributed by atoms with E-state index in [0.29, 0.717) is 11.1 Å². The number of fused-ring (bicyclic) bond motifs is 8. The molecule has 0 saturated heterocycles. The zero-order chi connectivity index (χ0) is 23.8. The number of carboxylic acid groups (broad SMARTS) is 1. The number of carboxylic acids is 1. The van der Waals surface area contributed by atoms with Gasteiger partial charge in [-0.3, -0.25) is 0 Å². The molecule has 0 aliphatic carbocycles. The first-order valence-electron chi connectivity index (χ1n) is 11.0. The van der Waals surface area contributed by atoms with Crippen LogP contribution in [-0.2, 0) is 4.74 Å². The minimum absolute atomic E-state index is 0.239. The molecule has 0 atom stereocenters. The summed E-state index contributed by atoms with van der Waals surface area (Å²) in [6.45, 7) is 0. The van der Waals surface area contributed by atoms with E-state index in [1.165, 1.54) is 7.11 Å². The fraction of sp³-hybridized carbons (Fsp3) is 0.0345. The molecule has 35 heavy (non-hydrogen) atoms. The Morgan fingerprint density at radius 3 is 1.57 bits per heavy atom. The van der Waals surface area contributed by atoms with Gasteiger partial charge in [0.05, 0.1) is 18.2 Å². The fourth-order valence-corrected chi connectivity index (χ4v) is 4.91. The Balaban J connectivity index is 1.47. The van der Waals surface area contributed by atoms with Crippen LogP contribution in [0.4, 0.5) is 0 Å². The number of esters is 1. The highest BCUT2D eigenvalue weighted by atomic mass is 16.5. The van der Waals surface area contributed by atoms with Crippen molar-refractivity contribution in [2.24, 2.45) is 0 Å². The van der Waals surface area contributed by atoms with Gasteiger partial charge in [0.1, 0.15) is 22.3 Å². The Morgan fingerprint density at radius 2 is 1.06 bits per heavy atom. The van der Waals surface area contributed by atoms with Gasteiger partial charge in [-0.25, -0.2) is 9.59 Å². The van der Waals surface area contributed by atoms with Crippen molar-refractivity contribution >= 4 is 77.4 Å². The average molecular weight is 460 g/mol. The molecule has 0 aliphatic heterocycles. The van der Waals surface area contributed by atoms with Crippen molar-refractivity contribution in [2.45, 2.75) is 0 Å². The SMILES string of the molecule is COC(=O)c1ccc2cc3c(cc2c1)oc1cc2c(cc13)oc1cc3cc(C(=O)O)ccc3cc12. The van der Waals surface area contributed by atoms with E-state index in [-0.39, 0.29) is 11.5 Å². The molecule has 2 aromatic heterocycles. The molecule has 0 bridgehead atoms. The minimum atomic E-state index is -0.960. The van der Waals surface area contributed by atoms with Gasteiger partial charge in [0.25, 0.3) is 0 Å². The topological polar surface area (TPSA) is 89.9 Å². The summed E-state index contributed by atoms with van der Waals surface area (Å²) in [5, 5.41) is 16.7. The number of furan rings is 2. The van der Waals surface area contributed by atoms with E-state index in [9.17, 15) is 14.7 Å². The Bertz CT molecular complexity index is 2040. The maximum atomic E-state index is 11.9. The highest BCUT2D eigenvalue weighted by molar-refractivity contribution is 6.18. The number of methoxy groups -OCH3 is 1. The molecule has 168 valence electrons. The molecule has 5 aromatic carbocycles. The summed E-state index contributed by atoms with van der Waals surface area (Å²) >= 11 is 0. The molecule has 6 heteroatoms. The van der Waals surface area contributed by atoms with Crippen molar-refractivity contribution in [2.75, 3.05) is 7.11 Å². The fourth-order valence-electron chi connectivity index (χ4n) is 4.91. The molecule has 0 aliphatic rings. The Kier molecular flexibility index (Phi) is 3.83. The number of hydrogen-bond acceptors (Lipinski definition) is 5. The van der Waals surface area contributed by atoms with E-state index < -0.39 is 5.97 Å². The lowest BCUT2D eigenvalue weighted by molar-refractivity contribution is 0.0600. The maximum absolute atomic E-state index is 11.9. The van der Waals surface area contributed by atoms with Gasteiger partial charge in [-0.1, -0.05) is 12.1 Å². The quantitative estimate of drug-likeness (QED) is 0.273. The minimum Gasteiger partial charge on any atom is -0.478 e. The zero-order valence-electron chi connectivity index (χ0n) is 18.4. The standard InChI is InChI=1S/C29H16O6/c1-33-29(32)17-5-3-15-9-21-23-13-26-22(12-27(23)35-25(21)11-19(15)7-17)20-8-14-2-4-16(28(30)31)6-18(14)10-24(20)34-26/h2-13H,1H3,(H,30,31). The van der Waals surface area contributed by atoms with Crippen LogP contribution in [0.1, 0.15) is 20.7 Å². The molecular weight excluding hydrogens is 444 g/mol. The number of rotatable bonds is 2. The van der Waals surface area contributed by atoms with Gasteiger partial charge in [-0.2, -0.15) is 0 Å². The third-order valence-corrected chi connectivity index (χ3v) is 6.65. The number of carbonyl (C=O) groups is 2. The second-order valence-corrected chi connectivity index (χ2v) is 8.67. The third-order valence-electron chi connectivity index (χ3n) is 6.65. The summed E-state index contributed by atoms with van der Waals surface area (Å²) in [5.74, 6) is -1.34. The second-order valence-electron chi connectivity index (χ2n) is 8.67. The van der Waals surface area contributed by atoms with E-state index in [0.717, 1.165) is 59.8 Å². The lowest BCUT2D eigenvalue weighted by Crippen LogP contribution is -2.00. The van der Waals surface area contributed by atoms with Crippen LogP contribution in [0.25, 0.3) is 65.4 Å². The summed E-state index contributed by atoms with van der Waals surface area (Å²) in [6.07, 6.45) is 0. The van der Waals surface area contributed by atoms with Gasteiger partial charge in [0.2, 0.25) is 0 Å². The predicted octanol–water partition coefficient (Wildman–Crippen LogP) is 7.28. The Hall–Kier alpha value is -4.84. The van der Waals surface area contributed by atoms with Crippen molar-refractivity contribution in [3.05, 3.63) is 83.9 Å². The molecule has 7 aromatic rings. The normalized spacial score (nSPS) is 11.9. The summed E-state index contributed by atoms with van der Waals surface area (Å²) < 4.78 is 17.2. The van der Waals surface area contributed by atoms with Crippen LogP contribution >= 0.6 is 0 Å². The van der Waals surface area contributed by atoms with Gasteiger partial charge in [-0.15, -0.1) is 0 Å². The van der Waals surface area contributed by atoms with Crippen molar-refractivity contribution in [1.82, 2.24) is 0 Å². The largest absolute Gasteiger partial charge is 0.478 e. The van der Waals surface area contributed by atoms with Gasteiger partial charge < -0.3 is 18.7 Å². The lowest BCUT2D eigenvalue weighted by Gasteiger charge is -2.02. The smallest absolute Gasteiger partial charge is 0.337 e. The van der Waals surface area contributed by atoms with E-state index >= 15 is 0 Å². The van der Waals surface area contributed by atoms with Crippen LogP contribution in [0.15, 0.2) is 81.6 Å². The molecule has 0 radical (unpaired) electrons. The first-order chi connectivity index (χ1) is 17.0. The predicted molar refractivity (Wildman–Crippen MR) is 134 cm³/mol. The Morgan fingerprint density at radius 1 is 0.600 bits per heavy atom. The van der Waals surface area contributed by atoms with E-state index in [4.69, 9.17) is 13.6 Å². The number of carbonyl (C=O) groups excluding carboxylic acids is 1. The average Bonchev–Trinajstić information content (AvgIpc) is 3.39.